The summed E-state index contributed by atoms with van der Waals surface area (Å²) >= 11 is 0. The van der Waals surface area contributed by atoms with E-state index in [2.05, 4.69) is 0 Å². The second-order valence-electron chi connectivity index (χ2n) is 3.42. The average Bonchev–Trinajstić information content (AvgIpc) is 2.19. The van der Waals surface area contributed by atoms with E-state index in [0.717, 1.165) is 5.56 Å². The Morgan fingerprint density at radius 1 is 1.33 bits per heavy atom. The van der Waals surface area contributed by atoms with E-state index in [-0.39, 0.29) is 5.57 Å². The summed E-state index contributed by atoms with van der Waals surface area (Å²) in [6, 6.07) is 8.95. The predicted octanol–water partition coefficient (Wildman–Crippen LogP) is 3.11. The van der Waals surface area contributed by atoms with E-state index in [1.807, 2.05) is 6.07 Å². The molecule has 0 heterocycles. The van der Waals surface area contributed by atoms with Crippen LogP contribution in [0.4, 0.5) is 8.78 Å². The molecule has 0 atom stereocenters. The quantitative estimate of drug-likeness (QED) is 0.813. The Balaban J connectivity index is 2.84. The van der Waals surface area contributed by atoms with E-state index in [1.165, 1.54) is 13.0 Å². The standard InChI is InChI=1S/C12H14F2O/c1-10(12(13,14)7-8-15)9-11-5-3-2-4-6-11/h2-6,9,15H,7-8H2,1H3/b10-9+. The van der Waals surface area contributed by atoms with Crippen molar-refractivity contribution in [1.29, 1.82) is 0 Å². The van der Waals surface area contributed by atoms with Gasteiger partial charge in [0.1, 0.15) is 0 Å². The summed E-state index contributed by atoms with van der Waals surface area (Å²) in [5.41, 5.74) is 0.718. The van der Waals surface area contributed by atoms with Gasteiger partial charge in [0, 0.05) is 13.0 Å². The van der Waals surface area contributed by atoms with Crippen molar-refractivity contribution in [2.45, 2.75) is 19.3 Å². The minimum atomic E-state index is -2.93. The van der Waals surface area contributed by atoms with Crippen molar-refractivity contribution in [2.24, 2.45) is 0 Å². The summed E-state index contributed by atoms with van der Waals surface area (Å²) in [6.07, 6.45) is 0.915. The lowest BCUT2D eigenvalue weighted by atomic mass is 10.0. The van der Waals surface area contributed by atoms with Crippen LogP contribution < -0.4 is 0 Å². The van der Waals surface area contributed by atoms with Crippen LogP contribution in [0.5, 0.6) is 0 Å². The van der Waals surface area contributed by atoms with Crippen LogP contribution in [0.2, 0.25) is 0 Å². The molecule has 0 aliphatic rings. The molecule has 1 aromatic rings. The number of hydrogen-bond donors (Lipinski definition) is 1. The molecular formula is C12H14F2O. The maximum Gasteiger partial charge on any atom is 0.271 e. The first-order valence-electron chi connectivity index (χ1n) is 4.79. The van der Waals surface area contributed by atoms with Crippen LogP contribution in [0.25, 0.3) is 6.08 Å². The van der Waals surface area contributed by atoms with Crippen LogP contribution >= 0.6 is 0 Å². The minimum absolute atomic E-state index is 0.0252. The summed E-state index contributed by atoms with van der Waals surface area (Å²) in [4.78, 5) is 0. The van der Waals surface area contributed by atoms with Crippen LogP contribution in [0, 0.1) is 0 Å². The van der Waals surface area contributed by atoms with Crippen molar-refractivity contribution in [1.82, 2.24) is 0 Å². The lowest BCUT2D eigenvalue weighted by molar-refractivity contribution is 0.0168. The second-order valence-corrected chi connectivity index (χ2v) is 3.42. The third-order valence-corrected chi connectivity index (χ3v) is 2.19. The van der Waals surface area contributed by atoms with Crippen molar-refractivity contribution < 1.29 is 13.9 Å². The van der Waals surface area contributed by atoms with E-state index in [0.29, 0.717) is 0 Å². The highest BCUT2D eigenvalue weighted by Gasteiger charge is 2.30. The third kappa shape index (κ3) is 3.44. The highest BCUT2D eigenvalue weighted by atomic mass is 19.3. The normalized spacial score (nSPS) is 12.9. The fourth-order valence-corrected chi connectivity index (χ4v) is 1.24. The van der Waals surface area contributed by atoms with Gasteiger partial charge in [-0.05, 0) is 18.1 Å². The first-order chi connectivity index (χ1) is 7.06. The monoisotopic (exact) mass is 212 g/mol. The fraction of sp³-hybridized carbons (Fsp3) is 0.333. The Kier molecular flexibility index (Phi) is 3.97. The SMILES string of the molecule is C/C(=C\c1ccccc1)C(F)(F)CCO. The van der Waals surface area contributed by atoms with Crippen LogP contribution in [-0.2, 0) is 0 Å². The summed E-state index contributed by atoms with van der Waals surface area (Å²) in [7, 11) is 0. The van der Waals surface area contributed by atoms with Gasteiger partial charge in [0.2, 0.25) is 0 Å². The molecule has 0 saturated heterocycles. The van der Waals surface area contributed by atoms with Crippen LogP contribution in [0.15, 0.2) is 35.9 Å². The van der Waals surface area contributed by atoms with Crippen LogP contribution in [0.3, 0.4) is 0 Å². The molecule has 1 nitrogen and oxygen atoms in total. The molecule has 1 rings (SSSR count). The van der Waals surface area contributed by atoms with Crippen molar-refractivity contribution in [3.05, 3.63) is 41.5 Å². The lowest BCUT2D eigenvalue weighted by Gasteiger charge is -2.15. The molecule has 0 aliphatic carbocycles. The molecule has 3 heteroatoms. The Morgan fingerprint density at radius 3 is 2.47 bits per heavy atom. The molecule has 0 radical (unpaired) electrons. The van der Waals surface area contributed by atoms with Gasteiger partial charge in [0.15, 0.2) is 0 Å². The Morgan fingerprint density at radius 2 is 1.93 bits per heavy atom. The molecule has 0 spiro atoms. The summed E-state index contributed by atoms with van der Waals surface area (Å²) in [5.74, 6) is -2.93. The number of rotatable bonds is 4. The average molecular weight is 212 g/mol. The molecule has 0 saturated carbocycles. The zero-order valence-corrected chi connectivity index (χ0v) is 8.58. The molecule has 1 N–H and O–H groups in total. The van der Waals surface area contributed by atoms with Crippen molar-refractivity contribution in [2.75, 3.05) is 6.61 Å². The number of benzene rings is 1. The van der Waals surface area contributed by atoms with Gasteiger partial charge in [-0.2, -0.15) is 0 Å². The van der Waals surface area contributed by atoms with Gasteiger partial charge in [-0.3, -0.25) is 0 Å². The molecule has 82 valence electrons. The Labute approximate surface area is 88.1 Å². The zero-order valence-electron chi connectivity index (χ0n) is 8.58. The van der Waals surface area contributed by atoms with Crippen LogP contribution in [-0.4, -0.2) is 17.6 Å². The number of aliphatic hydroxyl groups is 1. The maximum atomic E-state index is 13.3. The number of aliphatic hydroxyl groups excluding tert-OH is 1. The van der Waals surface area contributed by atoms with E-state index in [4.69, 9.17) is 5.11 Å². The van der Waals surface area contributed by atoms with Gasteiger partial charge in [-0.1, -0.05) is 36.4 Å². The van der Waals surface area contributed by atoms with Gasteiger partial charge in [0.05, 0.1) is 0 Å². The van der Waals surface area contributed by atoms with E-state index < -0.39 is 19.0 Å². The third-order valence-electron chi connectivity index (χ3n) is 2.19. The largest absolute Gasteiger partial charge is 0.396 e. The van der Waals surface area contributed by atoms with Crippen molar-refractivity contribution >= 4 is 6.08 Å². The van der Waals surface area contributed by atoms with Crippen molar-refractivity contribution in [3.8, 4) is 0 Å². The van der Waals surface area contributed by atoms with Gasteiger partial charge in [0.25, 0.3) is 5.92 Å². The summed E-state index contributed by atoms with van der Waals surface area (Å²) in [5, 5.41) is 8.51. The van der Waals surface area contributed by atoms with Crippen molar-refractivity contribution in [3.63, 3.8) is 0 Å². The minimum Gasteiger partial charge on any atom is -0.396 e. The first kappa shape index (κ1) is 11.9. The highest BCUT2D eigenvalue weighted by molar-refractivity contribution is 5.53. The highest BCUT2D eigenvalue weighted by Crippen LogP contribution is 2.28. The number of alkyl halides is 2. The Bertz CT molecular complexity index is 331. The molecule has 0 aromatic heterocycles. The molecule has 0 bridgehead atoms. The fourth-order valence-electron chi connectivity index (χ4n) is 1.24. The molecular weight excluding hydrogens is 198 g/mol. The lowest BCUT2D eigenvalue weighted by Crippen LogP contribution is -2.19. The zero-order chi connectivity index (χ0) is 11.3. The molecule has 0 unspecified atom stereocenters. The smallest absolute Gasteiger partial charge is 0.271 e. The molecule has 0 amide bonds. The number of allylic oxidation sites excluding steroid dienone is 1. The van der Waals surface area contributed by atoms with Crippen LogP contribution in [0.1, 0.15) is 18.9 Å². The predicted molar refractivity (Wildman–Crippen MR) is 56.7 cm³/mol. The van der Waals surface area contributed by atoms with Gasteiger partial charge >= 0.3 is 0 Å². The van der Waals surface area contributed by atoms with Gasteiger partial charge in [-0.15, -0.1) is 0 Å². The molecule has 15 heavy (non-hydrogen) atoms. The number of halogens is 2. The van der Waals surface area contributed by atoms with E-state index in [9.17, 15) is 8.78 Å². The van der Waals surface area contributed by atoms with Gasteiger partial charge in [-0.25, -0.2) is 8.78 Å². The maximum absolute atomic E-state index is 13.3. The van der Waals surface area contributed by atoms with Gasteiger partial charge < -0.3 is 5.11 Å². The van der Waals surface area contributed by atoms with E-state index in [1.54, 1.807) is 24.3 Å². The Hall–Kier alpha value is -1.22. The molecule has 0 fully saturated rings. The molecule has 0 aliphatic heterocycles. The number of hydrogen-bond acceptors (Lipinski definition) is 1. The first-order valence-corrected chi connectivity index (χ1v) is 4.79. The summed E-state index contributed by atoms with van der Waals surface area (Å²) < 4.78 is 26.5. The molecule has 1 aromatic carbocycles. The van der Waals surface area contributed by atoms with E-state index >= 15 is 0 Å². The topological polar surface area (TPSA) is 20.2 Å². The second kappa shape index (κ2) is 5.03. The summed E-state index contributed by atoms with van der Waals surface area (Å²) in [6.45, 7) is 0.871.